The molecule has 1 unspecified atom stereocenters. The highest BCUT2D eigenvalue weighted by Gasteiger charge is 2.24. The van der Waals surface area contributed by atoms with Crippen LogP contribution in [0.25, 0.3) is 0 Å². The van der Waals surface area contributed by atoms with E-state index in [1.807, 2.05) is 25.1 Å². The summed E-state index contributed by atoms with van der Waals surface area (Å²) in [6.45, 7) is 8.53. The maximum Gasteiger partial charge on any atom is 0.146 e. The molecule has 0 aliphatic carbocycles. The summed E-state index contributed by atoms with van der Waals surface area (Å²) in [5.41, 5.74) is 2.89. The highest BCUT2D eigenvalue weighted by molar-refractivity contribution is 7.80. The van der Waals surface area contributed by atoms with E-state index in [-0.39, 0.29) is 11.9 Å². The van der Waals surface area contributed by atoms with Crippen molar-refractivity contribution in [3.63, 3.8) is 0 Å². The molecule has 0 N–H and O–H groups in total. The van der Waals surface area contributed by atoms with Gasteiger partial charge in [-0.05, 0) is 30.2 Å². The van der Waals surface area contributed by atoms with Crippen LogP contribution in [0.15, 0.2) is 48.5 Å². The Morgan fingerprint density at radius 1 is 1.07 bits per heavy atom. The van der Waals surface area contributed by atoms with Crippen molar-refractivity contribution < 1.29 is 9.13 Å². The van der Waals surface area contributed by atoms with Gasteiger partial charge in [0, 0.05) is 45.8 Å². The van der Waals surface area contributed by atoms with E-state index in [2.05, 4.69) is 39.0 Å². The van der Waals surface area contributed by atoms with Gasteiger partial charge in [0.2, 0.25) is 0 Å². The van der Waals surface area contributed by atoms with E-state index in [0.29, 0.717) is 18.8 Å². The number of morpholine rings is 1. The third kappa shape index (κ3) is 4.94. The third-order valence-electron chi connectivity index (χ3n) is 5.82. The molecule has 6 heteroatoms. The predicted molar refractivity (Wildman–Crippen MR) is 119 cm³/mol. The van der Waals surface area contributed by atoms with Crippen molar-refractivity contribution in [2.75, 3.05) is 50.8 Å². The quantitative estimate of drug-likeness (QED) is 0.707. The Bertz CT molecular complexity index is 839. The highest BCUT2D eigenvalue weighted by Crippen LogP contribution is 2.28. The Kier molecular flexibility index (Phi) is 6.43. The van der Waals surface area contributed by atoms with E-state index in [1.54, 1.807) is 6.07 Å². The Hall–Kier alpha value is -2.02. The minimum atomic E-state index is -0.168. The molecule has 0 bridgehead atoms. The third-order valence-corrected chi connectivity index (χ3v) is 6.08. The Balaban J connectivity index is 1.37. The fraction of sp³-hybridized carbons (Fsp3) is 0.435. The molecule has 0 aromatic heterocycles. The van der Waals surface area contributed by atoms with E-state index in [9.17, 15) is 4.39 Å². The summed E-state index contributed by atoms with van der Waals surface area (Å²) in [4.78, 5) is 7.57. The van der Waals surface area contributed by atoms with Crippen molar-refractivity contribution in [2.24, 2.45) is 0 Å². The standard InChI is InChI=1S/C23H28FN3OS/c1-18(29)27-13-14-28-23(17-27)20-7-8-22(21(24)15-20)26-11-9-25(10-12-26)16-19-5-3-2-4-6-19/h2-8,15,23H,9-14,16-17H2,1H3. The Morgan fingerprint density at radius 3 is 2.52 bits per heavy atom. The summed E-state index contributed by atoms with van der Waals surface area (Å²) in [7, 11) is 0. The maximum absolute atomic E-state index is 14.9. The number of hydrogen-bond acceptors (Lipinski definition) is 4. The topological polar surface area (TPSA) is 19.0 Å². The first-order valence-corrected chi connectivity index (χ1v) is 10.7. The average Bonchev–Trinajstić information content (AvgIpc) is 2.75. The molecule has 4 nitrogen and oxygen atoms in total. The summed E-state index contributed by atoms with van der Waals surface area (Å²) in [5, 5.41) is 0. The second-order valence-electron chi connectivity index (χ2n) is 7.78. The lowest BCUT2D eigenvalue weighted by molar-refractivity contribution is -0.00642. The fourth-order valence-electron chi connectivity index (χ4n) is 4.11. The van der Waals surface area contributed by atoms with Crippen molar-refractivity contribution in [1.82, 2.24) is 9.80 Å². The first kappa shape index (κ1) is 20.3. The summed E-state index contributed by atoms with van der Waals surface area (Å²) >= 11 is 5.29. The fourth-order valence-corrected chi connectivity index (χ4v) is 4.27. The van der Waals surface area contributed by atoms with Gasteiger partial charge in [0.15, 0.2) is 0 Å². The zero-order valence-electron chi connectivity index (χ0n) is 16.9. The molecule has 2 saturated heterocycles. The van der Waals surface area contributed by atoms with Gasteiger partial charge in [0.25, 0.3) is 0 Å². The Morgan fingerprint density at radius 2 is 1.83 bits per heavy atom. The zero-order valence-corrected chi connectivity index (χ0v) is 17.7. The van der Waals surface area contributed by atoms with Crippen LogP contribution < -0.4 is 4.90 Å². The number of benzene rings is 2. The molecule has 1 atom stereocenters. The van der Waals surface area contributed by atoms with Gasteiger partial charge in [-0.2, -0.15) is 0 Å². The van der Waals surface area contributed by atoms with E-state index in [1.165, 1.54) is 5.56 Å². The molecule has 4 rings (SSSR count). The molecular formula is C23H28FN3OS. The lowest BCUT2D eigenvalue weighted by atomic mass is 10.1. The summed E-state index contributed by atoms with van der Waals surface area (Å²) in [5.74, 6) is -0.168. The minimum absolute atomic E-state index is 0.132. The van der Waals surface area contributed by atoms with Crippen LogP contribution >= 0.6 is 12.2 Å². The van der Waals surface area contributed by atoms with Crippen LogP contribution in [0.3, 0.4) is 0 Å². The van der Waals surface area contributed by atoms with Crippen molar-refractivity contribution in [1.29, 1.82) is 0 Å². The number of nitrogens with zero attached hydrogens (tertiary/aromatic N) is 3. The van der Waals surface area contributed by atoms with Gasteiger partial charge in [-0.1, -0.05) is 48.6 Å². The zero-order chi connectivity index (χ0) is 20.2. The second kappa shape index (κ2) is 9.20. The van der Waals surface area contributed by atoms with Gasteiger partial charge in [-0.15, -0.1) is 0 Å². The van der Waals surface area contributed by atoms with Gasteiger partial charge in [0.05, 0.1) is 17.3 Å². The van der Waals surface area contributed by atoms with Crippen LogP contribution in [-0.4, -0.2) is 60.7 Å². The van der Waals surface area contributed by atoms with Crippen LogP contribution in [0, 0.1) is 5.82 Å². The molecule has 2 aromatic rings. The van der Waals surface area contributed by atoms with Crippen LogP contribution in [-0.2, 0) is 11.3 Å². The lowest BCUT2D eigenvalue weighted by Crippen LogP contribution is -2.46. The second-order valence-corrected chi connectivity index (χ2v) is 8.37. The van der Waals surface area contributed by atoms with Crippen LogP contribution in [0.2, 0.25) is 0 Å². The molecule has 2 heterocycles. The van der Waals surface area contributed by atoms with Gasteiger partial charge >= 0.3 is 0 Å². The number of halogens is 1. The van der Waals surface area contributed by atoms with E-state index >= 15 is 0 Å². The molecule has 154 valence electrons. The summed E-state index contributed by atoms with van der Waals surface area (Å²) in [6.07, 6.45) is -0.132. The van der Waals surface area contributed by atoms with Gasteiger partial charge in [-0.3, -0.25) is 4.90 Å². The van der Waals surface area contributed by atoms with Crippen molar-refractivity contribution >= 4 is 22.9 Å². The number of hydrogen-bond donors (Lipinski definition) is 0. The average molecular weight is 414 g/mol. The highest BCUT2D eigenvalue weighted by atomic mass is 32.1. The molecule has 29 heavy (non-hydrogen) atoms. The Labute approximate surface area is 177 Å². The largest absolute Gasteiger partial charge is 0.370 e. The number of piperazine rings is 1. The molecular weight excluding hydrogens is 385 g/mol. The predicted octanol–water partition coefficient (Wildman–Crippen LogP) is 3.87. The molecule has 0 spiro atoms. The van der Waals surface area contributed by atoms with Crippen molar-refractivity contribution in [3.8, 4) is 0 Å². The van der Waals surface area contributed by atoms with Gasteiger partial charge < -0.3 is 14.5 Å². The van der Waals surface area contributed by atoms with Crippen LogP contribution in [0.4, 0.5) is 10.1 Å². The number of thiocarbonyl (C=S) groups is 1. The van der Waals surface area contributed by atoms with Gasteiger partial charge in [0.1, 0.15) is 11.9 Å². The smallest absolute Gasteiger partial charge is 0.146 e. The minimum Gasteiger partial charge on any atom is -0.370 e. The molecule has 2 aliphatic heterocycles. The van der Waals surface area contributed by atoms with Crippen molar-refractivity contribution in [3.05, 3.63) is 65.5 Å². The van der Waals surface area contributed by atoms with Crippen LogP contribution in [0.1, 0.15) is 24.2 Å². The molecule has 2 fully saturated rings. The normalized spacial score (nSPS) is 20.7. The SMILES string of the molecule is CC(=S)N1CCOC(c2ccc(N3CCN(Cc4ccccc4)CC3)c(F)c2)C1. The van der Waals surface area contributed by atoms with Crippen LogP contribution in [0.5, 0.6) is 0 Å². The molecule has 2 aliphatic rings. The number of rotatable bonds is 4. The molecule has 2 aromatic carbocycles. The monoisotopic (exact) mass is 413 g/mol. The van der Waals surface area contributed by atoms with E-state index in [0.717, 1.165) is 49.8 Å². The maximum atomic E-state index is 14.9. The summed E-state index contributed by atoms with van der Waals surface area (Å²) in [6, 6.07) is 16.1. The molecule has 0 saturated carbocycles. The number of ether oxygens (including phenoxy) is 1. The van der Waals surface area contributed by atoms with Gasteiger partial charge in [-0.25, -0.2) is 4.39 Å². The molecule has 0 radical (unpaired) electrons. The first-order valence-electron chi connectivity index (χ1n) is 10.3. The first-order chi connectivity index (χ1) is 14.1. The lowest BCUT2D eigenvalue weighted by Gasteiger charge is -2.37. The van der Waals surface area contributed by atoms with E-state index < -0.39 is 0 Å². The number of anilines is 1. The molecule has 0 amide bonds. The van der Waals surface area contributed by atoms with Crippen molar-refractivity contribution in [2.45, 2.75) is 19.6 Å². The summed E-state index contributed by atoms with van der Waals surface area (Å²) < 4.78 is 20.8. The van der Waals surface area contributed by atoms with E-state index in [4.69, 9.17) is 17.0 Å².